The molecule has 2 atom stereocenters. The van der Waals surface area contributed by atoms with Crippen LogP contribution in [0.4, 0.5) is 5.69 Å². The summed E-state index contributed by atoms with van der Waals surface area (Å²) in [6.45, 7) is 7.36. The first-order valence-corrected chi connectivity index (χ1v) is 6.35. The third kappa shape index (κ3) is 3.45. The van der Waals surface area contributed by atoms with Crippen LogP contribution in [0.2, 0.25) is 0 Å². The van der Waals surface area contributed by atoms with E-state index in [1.165, 1.54) is 5.56 Å². The Kier molecular flexibility index (Phi) is 4.02. The van der Waals surface area contributed by atoms with E-state index in [2.05, 4.69) is 30.9 Å². The van der Waals surface area contributed by atoms with E-state index in [9.17, 15) is 0 Å². The van der Waals surface area contributed by atoms with E-state index in [-0.39, 0.29) is 0 Å². The fourth-order valence-electron chi connectivity index (χ4n) is 2.24. The van der Waals surface area contributed by atoms with Gasteiger partial charge in [-0.3, -0.25) is 4.90 Å². The minimum atomic E-state index is 0.359. The van der Waals surface area contributed by atoms with Crippen molar-refractivity contribution in [3.8, 4) is 0 Å². The van der Waals surface area contributed by atoms with Gasteiger partial charge in [-0.25, -0.2) is 0 Å². The first kappa shape index (κ1) is 12.4. The zero-order valence-electron chi connectivity index (χ0n) is 10.7. The van der Waals surface area contributed by atoms with Crippen LogP contribution in [0.25, 0.3) is 0 Å². The quantitative estimate of drug-likeness (QED) is 0.812. The molecule has 1 saturated heterocycles. The molecule has 1 fully saturated rings. The van der Waals surface area contributed by atoms with Crippen LogP contribution in [0.15, 0.2) is 24.3 Å². The Bertz CT molecular complexity index is 350. The molecule has 2 N–H and O–H groups in total. The molecule has 17 heavy (non-hydrogen) atoms. The summed E-state index contributed by atoms with van der Waals surface area (Å²) in [6, 6.07) is 8.70. The van der Waals surface area contributed by atoms with E-state index in [4.69, 9.17) is 10.5 Å². The van der Waals surface area contributed by atoms with E-state index in [0.29, 0.717) is 12.1 Å². The van der Waals surface area contributed by atoms with Crippen molar-refractivity contribution in [2.75, 3.05) is 25.4 Å². The van der Waals surface area contributed by atoms with Crippen molar-refractivity contribution in [2.45, 2.75) is 32.4 Å². The fraction of sp³-hybridized carbons (Fsp3) is 0.571. The molecule has 1 aliphatic rings. The first-order chi connectivity index (χ1) is 8.15. The predicted octanol–water partition coefficient (Wildman–Crippen LogP) is 1.92. The number of hydrogen-bond donors (Lipinski definition) is 1. The number of morpholine rings is 1. The molecule has 1 aromatic rings. The lowest BCUT2D eigenvalue weighted by Crippen LogP contribution is -2.47. The third-order valence-electron chi connectivity index (χ3n) is 3.40. The summed E-state index contributed by atoms with van der Waals surface area (Å²) in [5, 5.41) is 0. The highest BCUT2D eigenvalue weighted by Gasteiger charge is 2.22. The van der Waals surface area contributed by atoms with Crippen molar-refractivity contribution in [2.24, 2.45) is 0 Å². The molecule has 1 heterocycles. The molecule has 0 amide bonds. The van der Waals surface area contributed by atoms with Crippen LogP contribution in [0, 0.1) is 0 Å². The maximum atomic E-state index is 5.68. The molecule has 3 heteroatoms. The van der Waals surface area contributed by atoms with Gasteiger partial charge in [0.15, 0.2) is 0 Å². The van der Waals surface area contributed by atoms with Gasteiger partial charge in [0.2, 0.25) is 0 Å². The van der Waals surface area contributed by atoms with Crippen LogP contribution in [0.1, 0.15) is 19.4 Å². The van der Waals surface area contributed by atoms with Gasteiger partial charge in [-0.05, 0) is 38.0 Å². The van der Waals surface area contributed by atoms with Crippen LogP contribution in [-0.2, 0) is 11.2 Å². The molecule has 0 saturated carbocycles. The van der Waals surface area contributed by atoms with Gasteiger partial charge in [0.25, 0.3) is 0 Å². The molecular weight excluding hydrogens is 212 g/mol. The summed E-state index contributed by atoms with van der Waals surface area (Å²) in [4.78, 5) is 2.50. The summed E-state index contributed by atoms with van der Waals surface area (Å²) in [5.41, 5.74) is 7.87. The normalized spacial score (nSPS) is 26.0. The Labute approximate surface area is 104 Å². The predicted molar refractivity (Wildman–Crippen MR) is 71.0 cm³/mol. The maximum absolute atomic E-state index is 5.68. The number of rotatable bonds is 3. The molecule has 0 radical (unpaired) electrons. The van der Waals surface area contributed by atoms with Crippen LogP contribution < -0.4 is 5.73 Å². The molecule has 1 aliphatic heterocycles. The van der Waals surface area contributed by atoms with Gasteiger partial charge < -0.3 is 10.5 Å². The number of benzene rings is 1. The van der Waals surface area contributed by atoms with Crippen molar-refractivity contribution in [1.29, 1.82) is 0 Å². The average molecular weight is 234 g/mol. The van der Waals surface area contributed by atoms with Gasteiger partial charge in [-0.15, -0.1) is 0 Å². The van der Waals surface area contributed by atoms with Crippen molar-refractivity contribution in [3.05, 3.63) is 29.8 Å². The summed E-state index contributed by atoms with van der Waals surface area (Å²) >= 11 is 0. The van der Waals surface area contributed by atoms with Crippen LogP contribution >= 0.6 is 0 Å². The van der Waals surface area contributed by atoms with Crippen molar-refractivity contribution < 1.29 is 4.74 Å². The largest absolute Gasteiger partial charge is 0.399 e. The monoisotopic (exact) mass is 234 g/mol. The SMILES string of the molecule is CC1CN(CCc2ccc(N)cc2)C(C)CO1. The summed E-state index contributed by atoms with van der Waals surface area (Å²) in [6.07, 6.45) is 1.44. The molecule has 0 bridgehead atoms. The van der Waals surface area contributed by atoms with Crippen LogP contribution in [0.3, 0.4) is 0 Å². The molecule has 2 rings (SSSR count). The van der Waals surface area contributed by atoms with E-state index in [1.807, 2.05) is 12.1 Å². The standard InChI is InChI=1S/C14H22N2O/c1-11-10-17-12(2)9-16(11)8-7-13-3-5-14(15)6-4-13/h3-6,11-12H,7-10,15H2,1-2H3. The van der Waals surface area contributed by atoms with E-state index in [1.54, 1.807) is 0 Å². The Morgan fingerprint density at radius 3 is 2.71 bits per heavy atom. The van der Waals surface area contributed by atoms with Crippen LogP contribution in [-0.4, -0.2) is 36.7 Å². The van der Waals surface area contributed by atoms with Crippen molar-refractivity contribution in [1.82, 2.24) is 4.90 Å². The van der Waals surface area contributed by atoms with Gasteiger partial charge in [0.05, 0.1) is 12.7 Å². The molecule has 0 spiro atoms. The highest BCUT2D eigenvalue weighted by Crippen LogP contribution is 2.13. The van der Waals surface area contributed by atoms with E-state index >= 15 is 0 Å². The molecule has 0 aliphatic carbocycles. The Morgan fingerprint density at radius 2 is 2.00 bits per heavy atom. The Hall–Kier alpha value is -1.06. The van der Waals surface area contributed by atoms with E-state index < -0.39 is 0 Å². The number of nitrogens with two attached hydrogens (primary N) is 1. The number of ether oxygens (including phenoxy) is 1. The molecule has 3 nitrogen and oxygen atoms in total. The average Bonchev–Trinajstić information content (AvgIpc) is 2.32. The van der Waals surface area contributed by atoms with Gasteiger partial charge in [0, 0.05) is 24.8 Å². The summed E-state index contributed by atoms with van der Waals surface area (Å²) in [5.74, 6) is 0. The Morgan fingerprint density at radius 1 is 1.29 bits per heavy atom. The lowest BCUT2D eigenvalue weighted by Gasteiger charge is -2.36. The van der Waals surface area contributed by atoms with Gasteiger partial charge in [0.1, 0.15) is 0 Å². The molecule has 94 valence electrons. The Balaban J connectivity index is 1.86. The molecule has 0 aromatic heterocycles. The van der Waals surface area contributed by atoms with Gasteiger partial charge >= 0.3 is 0 Å². The number of hydrogen-bond acceptors (Lipinski definition) is 3. The minimum Gasteiger partial charge on any atom is -0.399 e. The van der Waals surface area contributed by atoms with Crippen molar-refractivity contribution in [3.63, 3.8) is 0 Å². The second kappa shape index (κ2) is 5.52. The third-order valence-corrected chi connectivity index (χ3v) is 3.40. The molecular formula is C14H22N2O. The van der Waals surface area contributed by atoms with Crippen molar-refractivity contribution >= 4 is 5.69 Å². The van der Waals surface area contributed by atoms with Gasteiger partial charge in [-0.2, -0.15) is 0 Å². The first-order valence-electron chi connectivity index (χ1n) is 6.35. The minimum absolute atomic E-state index is 0.359. The van der Waals surface area contributed by atoms with E-state index in [0.717, 1.165) is 31.8 Å². The number of nitrogens with zero attached hydrogens (tertiary/aromatic N) is 1. The smallest absolute Gasteiger partial charge is 0.0674 e. The lowest BCUT2D eigenvalue weighted by molar-refractivity contribution is -0.0487. The summed E-state index contributed by atoms with van der Waals surface area (Å²) in [7, 11) is 0. The zero-order valence-corrected chi connectivity index (χ0v) is 10.7. The highest BCUT2D eigenvalue weighted by atomic mass is 16.5. The van der Waals surface area contributed by atoms with Gasteiger partial charge in [-0.1, -0.05) is 12.1 Å². The molecule has 1 aromatic carbocycles. The maximum Gasteiger partial charge on any atom is 0.0674 e. The topological polar surface area (TPSA) is 38.5 Å². The number of nitrogen functional groups attached to an aromatic ring is 1. The lowest BCUT2D eigenvalue weighted by atomic mass is 10.1. The molecule has 2 unspecified atom stereocenters. The highest BCUT2D eigenvalue weighted by molar-refractivity contribution is 5.39. The fourth-order valence-corrected chi connectivity index (χ4v) is 2.24. The summed E-state index contributed by atoms with van der Waals surface area (Å²) < 4.78 is 5.63. The van der Waals surface area contributed by atoms with Crippen LogP contribution in [0.5, 0.6) is 0 Å². The number of anilines is 1. The second-order valence-corrected chi connectivity index (χ2v) is 4.98. The second-order valence-electron chi connectivity index (χ2n) is 4.98. The zero-order chi connectivity index (χ0) is 12.3.